The number of benzene rings is 1. The second-order valence-electron chi connectivity index (χ2n) is 7.26. The molecule has 0 aromatic heterocycles. The molecule has 2 aliphatic rings. The Morgan fingerprint density at radius 1 is 1.32 bits per heavy atom. The summed E-state index contributed by atoms with van der Waals surface area (Å²) < 4.78 is 5.42. The number of hydrogen-bond donors (Lipinski definition) is 3. The molecule has 1 unspecified atom stereocenters. The molecule has 1 aliphatic heterocycles. The number of urea groups is 1. The summed E-state index contributed by atoms with van der Waals surface area (Å²) in [7, 11) is 0. The first-order valence-corrected chi connectivity index (χ1v) is 9.18. The largest absolute Gasteiger partial charge is 0.390 e. The minimum absolute atomic E-state index is 0.223. The van der Waals surface area contributed by atoms with Crippen molar-refractivity contribution in [3.63, 3.8) is 0 Å². The van der Waals surface area contributed by atoms with Crippen LogP contribution in [-0.4, -0.2) is 61.0 Å². The average Bonchev–Trinajstić information content (AvgIpc) is 2.91. The third-order valence-electron chi connectivity index (χ3n) is 5.25. The number of fused-ring (bicyclic) bond motifs is 1. The third kappa shape index (κ3) is 4.32. The van der Waals surface area contributed by atoms with Gasteiger partial charge in [-0.15, -0.1) is 0 Å². The van der Waals surface area contributed by atoms with Crippen molar-refractivity contribution in [1.29, 1.82) is 0 Å². The van der Waals surface area contributed by atoms with Gasteiger partial charge in [0.15, 0.2) is 0 Å². The molecule has 3 atom stereocenters. The van der Waals surface area contributed by atoms with Gasteiger partial charge in [-0.05, 0) is 17.0 Å². The average molecular weight is 347 g/mol. The van der Waals surface area contributed by atoms with Crippen molar-refractivity contribution in [3.8, 4) is 0 Å². The standard InChI is InChI=1S/C19H29N3O3/c1-13(2)16(22-7-9-25-10-8-22)12-20-19(24)21-18-15-6-4-3-5-14(15)11-17(18)23/h3-6,13,16-18,23H,7-12H2,1-2H3,(H2,20,21,24)/t16?,17-,18+/m1/s1. The molecule has 1 heterocycles. The topological polar surface area (TPSA) is 73.8 Å². The lowest BCUT2D eigenvalue weighted by atomic mass is 10.0. The van der Waals surface area contributed by atoms with Crippen molar-refractivity contribution in [3.05, 3.63) is 35.4 Å². The van der Waals surface area contributed by atoms with E-state index in [2.05, 4.69) is 29.4 Å². The van der Waals surface area contributed by atoms with Gasteiger partial charge in [-0.1, -0.05) is 38.1 Å². The van der Waals surface area contributed by atoms with Gasteiger partial charge in [-0.25, -0.2) is 4.79 Å². The Morgan fingerprint density at radius 3 is 2.76 bits per heavy atom. The lowest BCUT2D eigenvalue weighted by molar-refractivity contribution is 0.00714. The van der Waals surface area contributed by atoms with Gasteiger partial charge >= 0.3 is 6.03 Å². The molecule has 1 saturated heterocycles. The number of hydrogen-bond acceptors (Lipinski definition) is 4. The molecule has 1 aromatic carbocycles. The lowest BCUT2D eigenvalue weighted by Gasteiger charge is -2.37. The predicted octanol–water partition coefficient (Wildman–Crippen LogP) is 1.30. The number of aliphatic hydroxyl groups is 1. The molecule has 6 heteroatoms. The molecule has 0 spiro atoms. The Bertz CT molecular complexity index is 587. The highest BCUT2D eigenvalue weighted by Crippen LogP contribution is 2.31. The summed E-state index contributed by atoms with van der Waals surface area (Å²) in [5, 5.41) is 16.2. The first kappa shape index (κ1) is 18.2. The van der Waals surface area contributed by atoms with Gasteiger partial charge in [0.05, 0.1) is 25.4 Å². The normalized spacial score (nSPS) is 24.8. The minimum Gasteiger partial charge on any atom is -0.390 e. The summed E-state index contributed by atoms with van der Waals surface area (Å²) in [6.45, 7) is 8.25. The van der Waals surface area contributed by atoms with Crippen molar-refractivity contribution < 1.29 is 14.6 Å². The van der Waals surface area contributed by atoms with Gasteiger partial charge in [0.25, 0.3) is 0 Å². The zero-order valence-electron chi connectivity index (χ0n) is 15.1. The molecular formula is C19H29N3O3. The Kier molecular flexibility index (Phi) is 5.93. The van der Waals surface area contributed by atoms with Crippen molar-refractivity contribution in [2.45, 2.75) is 38.5 Å². The van der Waals surface area contributed by atoms with E-state index in [1.807, 2.05) is 24.3 Å². The fourth-order valence-corrected chi connectivity index (χ4v) is 3.83. The number of carbonyl (C=O) groups excluding carboxylic acids is 1. The van der Waals surface area contributed by atoms with Crippen LogP contribution in [-0.2, 0) is 11.2 Å². The van der Waals surface area contributed by atoms with Crippen LogP contribution < -0.4 is 10.6 Å². The van der Waals surface area contributed by atoms with Gasteiger partial charge in [0.2, 0.25) is 0 Å². The minimum atomic E-state index is -0.566. The van der Waals surface area contributed by atoms with Crippen LogP contribution >= 0.6 is 0 Å². The highest BCUT2D eigenvalue weighted by Gasteiger charge is 2.32. The zero-order chi connectivity index (χ0) is 17.8. The van der Waals surface area contributed by atoms with E-state index in [9.17, 15) is 9.90 Å². The van der Waals surface area contributed by atoms with Gasteiger partial charge in [-0.3, -0.25) is 4.90 Å². The second-order valence-corrected chi connectivity index (χ2v) is 7.26. The van der Waals surface area contributed by atoms with Crippen LogP contribution in [0.1, 0.15) is 31.0 Å². The van der Waals surface area contributed by atoms with E-state index in [0.717, 1.165) is 37.4 Å². The van der Waals surface area contributed by atoms with E-state index in [1.54, 1.807) is 0 Å². The Morgan fingerprint density at radius 2 is 2.04 bits per heavy atom. The molecule has 2 amide bonds. The predicted molar refractivity (Wildman–Crippen MR) is 96.4 cm³/mol. The Labute approximate surface area is 149 Å². The van der Waals surface area contributed by atoms with Crippen LogP contribution in [0.3, 0.4) is 0 Å². The summed E-state index contributed by atoms with van der Waals surface area (Å²) in [6, 6.07) is 7.61. The van der Waals surface area contributed by atoms with Crippen LogP contribution in [0.4, 0.5) is 4.79 Å². The van der Waals surface area contributed by atoms with Crippen LogP contribution in [0, 0.1) is 5.92 Å². The number of nitrogens with one attached hydrogen (secondary N) is 2. The zero-order valence-corrected chi connectivity index (χ0v) is 15.1. The maximum atomic E-state index is 12.4. The van der Waals surface area contributed by atoms with E-state index in [4.69, 9.17) is 4.74 Å². The van der Waals surface area contributed by atoms with Crippen LogP contribution in [0.25, 0.3) is 0 Å². The van der Waals surface area contributed by atoms with Crippen molar-refractivity contribution in [2.24, 2.45) is 5.92 Å². The number of amides is 2. The van der Waals surface area contributed by atoms with Gasteiger partial charge < -0.3 is 20.5 Å². The lowest BCUT2D eigenvalue weighted by Crippen LogP contribution is -2.52. The number of ether oxygens (including phenoxy) is 1. The molecule has 1 aromatic rings. The molecular weight excluding hydrogens is 318 g/mol. The van der Waals surface area contributed by atoms with Crippen LogP contribution in [0.5, 0.6) is 0 Å². The molecule has 138 valence electrons. The summed E-state index contributed by atoms with van der Waals surface area (Å²) in [6.07, 6.45) is 0.0204. The molecule has 25 heavy (non-hydrogen) atoms. The molecule has 3 rings (SSSR count). The summed E-state index contributed by atoms with van der Waals surface area (Å²) in [4.78, 5) is 14.8. The summed E-state index contributed by atoms with van der Waals surface area (Å²) >= 11 is 0. The third-order valence-corrected chi connectivity index (χ3v) is 5.25. The maximum absolute atomic E-state index is 12.4. The second kappa shape index (κ2) is 8.17. The van der Waals surface area contributed by atoms with E-state index in [0.29, 0.717) is 18.9 Å². The van der Waals surface area contributed by atoms with Crippen molar-refractivity contribution in [2.75, 3.05) is 32.8 Å². The maximum Gasteiger partial charge on any atom is 0.315 e. The molecule has 0 bridgehead atoms. The molecule has 6 nitrogen and oxygen atoms in total. The molecule has 1 aliphatic carbocycles. The number of aliphatic hydroxyl groups excluding tert-OH is 1. The van der Waals surface area contributed by atoms with Crippen molar-refractivity contribution >= 4 is 6.03 Å². The molecule has 3 N–H and O–H groups in total. The molecule has 1 fully saturated rings. The SMILES string of the molecule is CC(C)C(CNC(=O)N[C@H]1c2ccccc2C[C@H]1O)N1CCOCC1. The van der Waals surface area contributed by atoms with Gasteiger partial charge in [-0.2, -0.15) is 0 Å². The molecule has 0 saturated carbocycles. The summed E-state index contributed by atoms with van der Waals surface area (Å²) in [5.74, 6) is 0.441. The van der Waals surface area contributed by atoms with Crippen LogP contribution in [0.2, 0.25) is 0 Å². The van der Waals surface area contributed by atoms with Gasteiger partial charge in [0, 0.05) is 32.1 Å². The number of nitrogens with zero attached hydrogens (tertiary/aromatic N) is 1. The number of carbonyl (C=O) groups is 1. The fraction of sp³-hybridized carbons (Fsp3) is 0.632. The Balaban J connectivity index is 1.55. The summed E-state index contributed by atoms with van der Waals surface area (Å²) in [5.41, 5.74) is 2.12. The van der Waals surface area contributed by atoms with E-state index in [1.165, 1.54) is 0 Å². The quantitative estimate of drug-likeness (QED) is 0.751. The fourth-order valence-electron chi connectivity index (χ4n) is 3.83. The molecule has 0 radical (unpaired) electrons. The smallest absolute Gasteiger partial charge is 0.315 e. The van der Waals surface area contributed by atoms with Crippen LogP contribution in [0.15, 0.2) is 24.3 Å². The Hall–Kier alpha value is -1.63. The van der Waals surface area contributed by atoms with E-state index >= 15 is 0 Å². The van der Waals surface area contributed by atoms with Gasteiger partial charge in [0.1, 0.15) is 0 Å². The number of rotatable bonds is 5. The highest BCUT2D eigenvalue weighted by molar-refractivity contribution is 5.74. The number of morpholine rings is 1. The highest BCUT2D eigenvalue weighted by atomic mass is 16.5. The van der Waals surface area contributed by atoms with Crippen molar-refractivity contribution in [1.82, 2.24) is 15.5 Å². The van der Waals surface area contributed by atoms with E-state index < -0.39 is 6.10 Å². The van der Waals surface area contributed by atoms with E-state index in [-0.39, 0.29) is 18.1 Å². The first-order chi connectivity index (χ1) is 12.1. The monoisotopic (exact) mass is 347 g/mol. The first-order valence-electron chi connectivity index (χ1n) is 9.18.